The predicted molar refractivity (Wildman–Crippen MR) is 85.7 cm³/mol. The highest BCUT2D eigenvalue weighted by Gasteiger charge is 2.32. The minimum atomic E-state index is -1.19. The van der Waals surface area contributed by atoms with Crippen molar-refractivity contribution in [2.75, 3.05) is 31.3 Å². The zero-order valence-electron chi connectivity index (χ0n) is 13.5. The molecule has 0 atom stereocenters. The third-order valence-electron chi connectivity index (χ3n) is 2.74. The van der Waals surface area contributed by atoms with Crippen molar-refractivity contribution in [1.82, 2.24) is 9.97 Å². The topological polar surface area (TPSA) is 134 Å². The third-order valence-corrected chi connectivity index (χ3v) is 3.81. The largest absolute Gasteiger partial charge is 0.465 e. The van der Waals surface area contributed by atoms with E-state index in [9.17, 15) is 19.7 Å². The van der Waals surface area contributed by atoms with E-state index in [1.165, 1.54) is 7.05 Å². The van der Waals surface area contributed by atoms with Gasteiger partial charge in [0.15, 0.2) is 10.9 Å². The molecule has 0 radical (unpaired) electrons. The summed E-state index contributed by atoms with van der Waals surface area (Å²) in [6.45, 7) is 3.44. The Bertz CT molecular complexity index is 594. The Morgan fingerprint density at radius 1 is 1.29 bits per heavy atom. The van der Waals surface area contributed by atoms with Crippen molar-refractivity contribution >= 4 is 35.2 Å². The van der Waals surface area contributed by atoms with E-state index in [0.717, 1.165) is 18.1 Å². The number of nitrogens with zero attached hydrogens (tertiary/aromatic N) is 3. The number of nitrogens with one attached hydrogen (secondary N) is 1. The molecule has 132 valence electrons. The van der Waals surface area contributed by atoms with Crippen LogP contribution in [0.5, 0.6) is 0 Å². The number of hydrogen-bond donors (Lipinski definition) is 1. The smallest absolute Gasteiger partial charge is 0.343 e. The number of rotatable bonds is 9. The molecule has 0 aromatic carbocycles. The molecule has 0 unspecified atom stereocenters. The minimum absolute atomic E-state index is 0.0398. The number of anilines is 1. The Hall–Kier alpha value is -2.43. The maximum Gasteiger partial charge on any atom is 0.343 e. The van der Waals surface area contributed by atoms with Gasteiger partial charge in [0.1, 0.15) is 6.33 Å². The molecule has 1 rings (SSSR count). The van der Waals surface area contributed by atoms with Gasteiger partial charge in [-0.1, -0.05) is 11.8 Å². The maximum atomic E-state index is 11.9. The monoisotopic (exact) mass is 358 g/mol. The van der Waals surface area contributed by atoms with Crippen LogP contribution in [-0.4, -0.2) is 52.8 Å². The summed E-state index contributed by atoms with van der Waals surface area (Å²) in [6.07, 6.45) is 1.16. The van der Waals surface area contributed by atoms with Crippen molar-refractivity contribution in [3.63, 3.8) is 0 Å². The number of carbonyl (C=O) groups excluding carboxylic acids is 2. The molecule has 24 heavy (non-hydrogen) atoms. The van der Waals surface area contributed by atoms with Gasteiger partial charge >= 0.3 is 17.6 Å². The summed E-state index contributed by atoms with van der Waals surface area (Å²) >= 11 is 0.887. The van der Waals surface area contributed by atoms with Crippen LogP contribution in [0, 0.1) is 16.0 Å². The molecule has 11 heteroatoms. The van der Waals surface area contributed by atoms with Crippen LogP contribution in [0.15, 0.2) is 11.4 Å². The highest BCUT2D eigenvalue weighted by Crippen LogP contribution is 2.33. The van der Waals surface area contributed by atoms with Gasteiger partial charge in [-0.2, -0.15) is 0 Å². The fraction of sp³-hybridized carbons (Fsp3) is 0.538. The van der Waals surface area contributed by atoms with Crippen molar-refractivity contribution < 1.29 is 24.0 Å². The number of ether oxygens (including phenoxy) is 2. The number of aromatic nitrogens is 2. The lowest BCUT2D eigenvalue weighted by atomic mass is 10.2. The zero-order chi connectivity index (χ0) is 18.1. The Balaban J connectivity index is 3.00. The second kappa shape index (κ2) is 9.65. The number of hydrogen-bond acceptors (Lipinski definition) is 10. The number of nitro groups is 1. The molecule has 1 N–H and O–H groups in total. The molecule has 0 aliphatic rings. The van der Waals surface area contributed by atoms with Gasteiger partial charge in [0.2, 0.25) is 5.82 Å². The summed E-state index contributed by atoms with van der Waals surface area (Å²) in [6, 6.07) is 0. The van der Waals surface area contributed by atoms with Crippen LogP contribution in [0.1, 0.15) is 13.8 Å². The third kappa shape index (κ3) is 5.05. The number of carbonyl (C=O) groups is 2. The molecule has 0 saturated carbocycles. The van der Waals surface area contributed by atoms with E-state index in [1.807, 2.05) is 0 Å². The molecule has 0 spiro atoms. The first-order valence-corrected chi connectivity index (χ1v) is 8.07. The highest BCUT2D eigenvalue weighted by atomic mass is 32.2. The average molecular weight is 358 g/mol. The van der Waals surface area contributed by atoms with Crippen molar-refractivity contribution in [3.05, 3.63) is 16.4 Å². The maximum absolute atomic E-state index is 11.9. The van der Waals surface area contributed by atoms with Gasteiger partial charge in [0, 0.05) is 12.8 Å². The number of esters is 2. The summed E-state index contributed by atoms with van der Waals surface area (Å²) in [5.41, 5.74) is -0.323. The summed E-state index contributed by atoms with van der Waals surface area (Å²) in [5, 5.41) is 13.8. The van der Waals surface area contributed by atoms with Crippen molar-refractivity contribution in [1.29, 1.82) is 0 Å². The van der Waals surface area contributed by atoms with Crippen molar-refractivity contribution in [3.8, 4) is 0 Å². The Morgan fingerprint density at radius 3 is 2.33 bits per heavy atom. The molecule has 0 amide bonds. The second-order valence-corrected chi connectivity index (χ2v) is 5.26. The normalized spacial score (nSPS) is 10.3. The fourth-order valence-electron chi connectivity index (χ4n) is 1.70. The van der Waals surface area contributed by atoms with Crippen molar-refractivity contribution in [2.24, 2.45) is 5.92 Å². The molecular formula is C13H18N4O6S. The average Bonchev–Trinajstić information content (AvgIpc) is 2.54. The van der Waals surface area contributed by atoms with E-state index in [-0.39, 0.29) is 35.5 Å². The lowest BCUT2D eigenvalue weighted by molar-refractivity contribution is -0.387. The van der Waals surface area contributed by atoms with Crippen molar-refractivity contribution in [2.45, 2.75) is 18.9 Å². The van der Waals surface area contributed by atoms with Crippen LogP contribution in [0.4, 0.5) is 11.5 Å². The Kier molecular flexibility index (Phi) is 7.89. The molecule has 0 saturated heterocycles. The van der Waals surface area contributed by atoms with Gasteiger partial charge in [-0.05, 0) is 13.8 Å². The standard InChI is InChI=1S/C13H18N4O6S/c1-4-22-12(18)8(13(19)23-5-2)6-24-11-9(17(20)21)10(14-3)15-7-16-11/h7-8H,4-6H2,1-3H3,(H,14,15,16). The molecule has 0 bridgehead atoms. The van der Waals surface area contributed by atoms with E-state index < -0.39 is 22.8 Å². The van der Waals surface area contributed by atoms with Gasteiger partial charge in [-0.25, -0.2) is 9.97 Å². The minimum Gasteiger partial charge on any atom is -0.465 e. The van der Waals surface area contributed by atoms with Gasteiger partial charge in [-0.3, -0.25) is 19.7 Å². The summed E-state index contributed by atoms with van der Waals surface area (Å²) in [5.74, 6) is -2.73. The van der Waals surface area contributed by atoms with Crippen LogP contribution in [-0.2, 0) is 19.1 Å². The quantitative estimate of drug-likeness (QED) is 0.172. The van der Waals surface area contributed by atoms with Gasteiger partial charge in [0.25, 0.3) is 0 Å². The Labute approximate surface area is 142 Å². The van der Waals surface area contributed by atoms with Crippen LogP contribution in [0.3, 0.4) is 0 Å². The van der Waals surface area contributed by atoms with Crippen LogP contribution >= 0.6 is 11.8 Å². The first kappa shape index (κ1) is 19.6. The summed E-state index contributed by atoms with van der Waals surface area (Å²) < 4.78 is 9.70. The molecule has 0 fully saturated rings. The van der Waals surface area contributed by atoms with Crippen LogP contribution in [0.25, 0.3) is 0 Å². The Morgan fingerprint density at radius 2 is 1.88 bits per heavy atom. The molecule has 0 aliphatic carbocycles. The second-order valence-electron chi connectivity index (χ2n) is 4.25. The van der Waals surface area contributed by atoms with E-state index in [1.54, 1.807) is 13.8 Å². The predicted octanol–water partition coefficient (Wildman–Crippen LogP) is 1.26. The van der Waals surface area contributed by atoms with Crippen LogP contribution in [0.2, 0.25) is 0 Å². The van der Waals surface area contributed by atoms with E-state index >= 15 is 0 Å². The number of thioether (sulfide) groups is 1. The first-order chi connectivity index (χ1) is 11.5. The zero-order valence-corrected chi connectivity index (χ0v) is 14.3. The first-order valence-electron chi connectivity index (χ1n) is 7.09. The van der Waals surface area contributed by atoms with E-state index in [2.05, 4.69) is 15.3 Å². The molecule has 1 aromatic heterocycles. The molecule has 1 heterocycles. The highest BCUT2D eigenvalue weighted by molar-refractivity contribution is 7.99. The SMILES string of the molecule is CCOC(=O)C(CSc1ncnc(NC)c1[N+](=O)[O-])C(=O)OCC. The molecule has 10 nitrogen and oxygen atoms in total. The molecular weight excluding hydrogens is 340 g/mol. The van der Waals surface area contributed by atoms with Gasteiger partial charge in [0.05, 0.1) is 18.1 Å². The van der Waals surface area contributed by atoms with Gasteiger partial charge in [-0.15, -0.1) is 0 Å². The van der Waals surface area contributed by atoms with Gasteiger partial charge < -0.3 is 14.8 Å². The van der Waals surface area contributed by atoms with E-state index in [4.69, 9.17) is 9.47 Å². The van der Waals surface area contributed by atoms with E-state index in [0.29, 0.717) is 0 Å². The molecule has 0 aliphatic heterocycles. The summed E-state index contributed by atoms with van der Waals surface area (Å²) in [7, 11) is 1.49. The lowest BCUT2D eigenvalue weighted by Gasteiger charge is -2.13. The fourth-order valence-corrected chi connectivity index (χ4v) is 2.72. The molecule has 1 aromatic rings. The lowest BCUT2D eigenvalue weighted by Crippen LogP contribution is -2.30. The van der Waals surface area contributed by atoms with Crippen LogP contribution < -0.4 is 5.32 Å². The summed E-state index contributed by atoms with van der Waals surface area (Å²) in [4.78, 5) is 42.0.